The average molecular weight is 391 g/mol. The normalized spacial score (nSPS) is 11.6. The van der Waals surface area contributed by atoms with Gasteiger partial charge in [0.1, 0.15) is 0 Å². The SMILES string of the molecule is Cc1cc(S(C)(=O)=O)c2ncc(C(N)=O)c(Nc3cccc(F)c3F)c2c1. The lowest BCUT2D eigenvalue weighted by atomic mass is 10.1. The monoisotopic (exact) mass is 391 g/mol. The number of pyridine rings is 1. The van der Waals surface area contributed by atoms with Gasteiger partial charge in [-0.15, -0.1) is 0 Å². The van der Waals surface area contributed by atoms with Gasteiger partial charge in [-0.1, -0.05) is 6.07 Å². The quantitative estimate of drug-likeness (QED) is 0.712. The van der Waals surface area contributed by atoms with Crippen molar-refractivity contribution in [2.45, 2.75) is 11.8 Å². The number of hydrogen-bond acceptors (Lipinski definition) is 5. The van der Waals surface area contributed by atoms with Crippen LogP contribution in [0.2, 0.25) is 0 Å². The predicted molar refractivity (Wildman–Crippen MR) is 97.7 cm³/mol. The van der Waals surface area contributed by atoms with Crippen LogP contribution in [-0.4, -0.2) is 25.6 Å². The van der Waals surface area contributed by atoms with Crippen molar-refractivity contribution in [3.8, 4) is 0 Å². The summed E-state index contributed by atoms with van der Waals surface area (Å²) in [6.07, 6.45) is 2.14. The van der Waals surface area contributed by atoms with Crippen molar-refractivity contribution in [3.05, 3.63) is 59.3 Å². The maximum absolute atomic E-state index is 14.1. The van der Waals surface area contributed by atoms with Gasteiger partial charge in [-0.2, -0.15) is 0 Å². The van der Waals surface area contributed by atoms with Gasteiger partial charge in [0.05, 0.1) is 27.4 Å². The number of aryl methyl sites for hydroxylation is 1. The van der Waals surface area contributed by atoms with E-state index < -0.39 is 27.4 Å². The standard InChI is InChI=1S/C18H15F2N3O3S/c1-9-6-10-16(23-13-5-3-4-12(19)15(13)20)11(18(21)24)8-22-17(10)14(7-9)27(2,25)26/h3-8H,1-2H3,(H2,21,24)(H,22,23). The molecular formula is C18H15F2N3O3S. The van der Waals surface area contributed by atoms with Gasteiger partial charge in [-0.05, 0) is 36.8 Å². The van der Waals surface area contributed by atoms with Crippen molar-refractivity contribution in [1.29, 1.82) is 0 Å². The number of fused-ring (bicyclic) bond motifs is 1. The van der Waals surface area contributed by atoms with E-state index in [0.717, 1.165) is 18.5 Å². The molecule has 0 saturated carbocycles. The Labute approximate surface area is 153 Å². The molecule has 27 heavy (non-hydrogen) atoms. The number of primary amides is 1. The molecule has 3 rings (SSSR count). The third kappa shape index (κ3) is 3.45. The van der Waals surface area contributed by atoms with Gasteiger partial charge in [0, 0.05) is 17.8 Å². The number of aromatic nitrogens is 1. The highest BCUT2D eigenvalue weighted by Crippen LogP contribution is 2.34. The van der Waals surface area contributed by atoms with Crippen molar-refractivity contribution >= 4 is 38.0 Å². The van der Waals surface area contributed by atoms with E-state index >= 15 is 0 Å². The minimum atomic E-state index is -3.63. The van der Waals surface area contributed by atoms with Crippen LogP contribution in [0.4, 0.5) is 20.2 Å². The number of rotatable bonds is 4. The summed E-state index contributed by atoms with van der Waals surface area (Å²) in [5.41, 5.74) is 5.78. The zero-order chi connectivity index (χ0) is 19.9. The van der Waals surface area contributed by atoms with Crippen LogP contribution in [0.25, 0.3) is 10.9 Å². The van der Waals surface area contributed by atoms with E-state index in [4.69, 9.17) is 5.73 Å². The third-order valence-corrected chi connectivity index (χ3v) is 5.07. The molecule has 140 valence electrons. The second-order valence-corrected chi connectivity index (χ2v) is 8.05. The molecule has 1 heterocycles. The molecule has 0 aliphatic rings. The molecule has 0 radical (unpaired) electrons. The molecule has 3 N–H and O–H groups in total. The van der Waals surface area contributed by atoms with Crippen LogP contribution in [-0.2, 0) is 9.84 Å². The lowest BCUT2D eigenvalue weighted by Crippen LogP contribution is -2.15. The van der Waals surface area contributed by atoms with E-state index in [9.17, 15) is 22.0 Å². The summed E-state index contributed by atoms with van der Waals surface area (Å²) in [4.78, 5) is 15.8. The number of sulfone groups is 1. The number of nitrogens with zero attached hydrogens (tertiary/aromatic N) is 1. The number of halogens is 2. The van der Waals surface area contributed by atoms with E-state index in [0.29, 0.717) is 5.56 Å². The molecule has 0 spiro atoms. The molecule has 9 heteroatoms. The van der Waals surface area contributed by atoms with E-state index in [-0.39, 0.29) is 32.7 Å². The summed E-state index contributed by atoms with van der Waals surface area (Å²) in [5.74, 6) is -3.08. The van der Waals surface area contributed by atoms with Crippen LogP contribution in [0.15, 0.2) is 41.4 Å². The summed E-state index contributed by atoms with van der Waals surface area (Å²) in [7, 11) is -3.63. The van der Waals surface area contributed by atoms with E-state index in [2.05, 4.69) is 10.3 Å². The number of hydrogen-bond donors (Lipinski definition) is 2. The lowest BCUT2D eigenvalue weighted by molar-refractivity contribution is 0.100. The maximum Gasteiger partial charge on any atom is 0.252 e. The highest BCUT2D eigenvalue weighted by atomic mass is 32.2. The highest BCUT2D eigenvalue weighted by Gasteiger charge is 2.21. The molecule has 1 aromatic heterocycles. The van der Waals surface area contributed by atoms with Crippen molar-refractivity contribution in [3.63, 3.8) is 0 Å². The zero-order valence-electron chi connectivity index (χ0n) is 14.4. The van der Waals surface area contributed by atoms with Crippen LogP contribution in [0.3, 0.4) is 0 Å². The number of nitrogens with one attached hydrogen (secondary N) is 1. The summed E-state index contributed by atoms with van der Waals surface area (Å²) in [5, 5.41) is 2.91. The molecule has 0 saturated heterocycles. The van der Waals surface area contributed by atoms with Crippen molar-refractivity contribution < 1.29 is 22.0 Å². The second kappa shape index (κ2) is 6.58. The van der Waals surface area contributed by atoms with Gasteiger partial charge in [0.2, 0.25) is 0 Å². The minimum Gasteiger partial charge on any atom is -0.365 e. The van der Waals surface area contributed by atoms with E-state index in [1.807, 2.05) is 0 Å². The van der Waals surface area contributed by atoms with E-state index in [1.165, 1.54) is 18.2 Å². The second-order valence-electron chi connectivity index (χ2n) is 6.07. The summed E-state index contributed by atoms with van der Waals surface area (Å²) >= 11 is 0. The highest BCUT2D eigenvalue weighted by molar-refractivity contribution is 7.91. The molecule has 0 unspecified atom stereocenters. The summed E-state index contributed by atoms with van der Waals surface area (Å²) < 4.78 is 51.9. The van der Waals surface area contributed by atoms with Crippen molar-refractivity contribution in [2.75, 3.05) is 11.6 Å². The van der Waals surface area contributed by atoms with Crippen LogP contribution in [0.5, 0.6) is 0 Å². The number of nitrogens with two attached hydrogens (primary N) is 1. The predicted octanol–water partition coefficient (Wildman–Crippen LogP) is 3.07. The van der Waals surface area contributed by atoms with Gasteiger partial charge in [0.25, 0.3) is 5.91 Å². The summed E-state index contributed by atoms with van der Waals surface area (Å²) in [6, 6.07) is 6.56. The Morgan fingerprint density at radius 3 is 2.56 bits per heavy atom. The molecule has 1 amide bonds. The Hall–Kier alpha value is -3.07. The first-order valence-electron chi connectivity index (χ1n) is 7.74. The molecule has 0 aliphatic heterocycles. The Morgan fingerprint density at radius 2 is 1.93 bits per heavy atom. The van der Waals surface area contributed by atoms with Crippen molar-refractivity contribution in [2.24, 2.45) is 5.73 Å². The first kappa shape index (κ1) is 18.7. The largest absolute Gasteiger partial charge is 0.365 e. The van der Waals surface area contributed by atoms with Gasteiger partial charge in [-0.3, -0.25) is 9.78 Å². The topological polar surface area (TPSA) is 102 Å². The molecule has 6 nitrogen and oxygen atoms in total. The van der Waals surface area contributed by atoms with Gasteiger partial charge in [0.15, 0.2) is 21.5 Å². The van der Waals surface area contributed by atoms with Crippen LogP contribution < -0.4 is 11.1 Å². The molecule has 0 atom stereocenters. The van der Waals surface area contributed by atoms with Gasteiger partial charge < -0.3 is 11.1 Å². The lowest BCUT2D eigenvalue weighted by Gasteiger charge is -2.16. The number of amides is 1. The Bertz CT molecular complexity index is 1190. The summed E-state index contributed by atoms with van der Waals surface area (Å²) in [6.45, 7) is 1.66. The van der Waals surface area contributed by atoms with Crippen molar-refractivity contribution in [1.82, 2.24) is 4.98 Å². The molecular weight excluding hydrogens is 376 g/mol. The Balaban J connectivity index is 2.38. The Kier molecular flexibility index (Phi) is 4.56. The molecule has 3 aromatic rings. The van der Waals surface area contributed by atoms with Crippen LogP contribution in [0, 0.1) is 18.6 Å². The van der Waals surface area contributed by atoms with Crippen LogP contribution >= 0.6 is 0 Å². The van der Waals surface area contributed by atoms with Crippen LogP contribution in [0.1, 0.15) is 15.9 Å². The number of benzene rings is 2. The number of anilines is 2. The molecule has 2 aromatic carbocycles. The number of carbonyl (C=O) groups is 1. The Morgan fingerprint density at radius 1 is 1.22 bits per heavy atom. The fourth-order valence-corrected chi connectivity index (χ4v) is 3.66. The number of carbonyl (C=O) groups excluding carboxylic acids is 1. The fraction of sp³-hybridized carbons (Fsp3) is 0.111. The zero-order valence-corrected chi connectivity index (χ0v) is 15.2. The first-order valence-corrected chi connectivity index (χ1v) is 9.63. The van der Waals surface area contributed by atoms with Gasteiger partial charge >= 0.3 is 0 Å². The molecule has 0 bridgehead atoms. The molecule has 0 fully saturated rings. The third-order valence-electron chi connectivity index (χ3n) is 3.96. The maximum atomic E-state index is 14.1. The molecule has 0 aliphatic carbocycles. The van der Waals surface area contributed by atoms with E-state index in [1.54, 1.807) is 13.0 Å². The minimum absolute atomic E-state index is 0.0451. The smallest absolute Gasteiger partial charge is 0.252 e. The average Bonchev–Trinajstić information content (AvgIpc) is 2.57. The fourth-order valence-electron chi connectivity index (χ4n) is 2.75. The van der Waals surface area contributed by atoms with Gasteiger partial charge in [-0.25, -0.2) is 17.2 Å². The first-order chi connectivity index (χ1) is 12.6.